The zero-order valence-electron chi connectivity index (χ0n) is 12.4. The summed E-state index contributed by atoms with van der Waals surface area (Å²) >= 11 is 0. The predicted molar refractivity (Wildman–Crippen MR) is 80.6 cm³/mol. The summed E-state index contributed by atoms with van der Waals surface area (Å²) in [6.45, 7) is 9.24. The monoisotopic (exact) mass is 265 g/mol. The zero-order valence-corrected chi connectivity index (χ0v) is 12.4. The van der Waals surface area contributed by atoms with Crippen molar-refractivity contribution in [2.45, 2.75) is 46.3 Å². The molecular formula is C16H27NO2. The third kappa shape index (κ3) is 5.62. The maximum atomic E-state index is 9.22. The van der Waals surface area contributed by atoms with Crippen LogP contribution in [0.25, 0.3) is 0 Å². The van der Waals surface area contributed by atoms with Crippen molar-refractivity contribution in [3.8, 4) is 0 Å². The predicted octanol–water partition coefficient (Wildman–Crippen LogP) is 3.21. The van der Waals surface area contributed by atoms with E-state index in [-0.39, 0.29) is 6.61 Å². The second-order valence-corrected chi connectivity index (χ2v) is 4.87. The number of nitrogens with zero attached hydrogens (tertiary/aromatic N) is 1. The van der Waals surface area contributed by atoms with Crippen LogP contribution in [0.4, 0.5) is 5.69 Å². The van der Waals surface area contributed by atoms with Crippen LogP contribution in [0.5, 0.6) is 0 Å². The number of aliphatic hydroxyl groups excluding tert-OH is 1. The first-order valence-electron chi connectivity index (χ1n) is 7.27. The standard InChI is InChI=1S/C16H27NO2/c1-4-10-17(11-9-14(3)19-5-2)16-8-6-7-15(12-16)13-18/h6-8,12,14,18H,4-5,9-11,13H2,1-3H3. The summed E-state index contributed by atoms with van der Waals surface area (Å²) in [6, 6.07) is 8.15. The molecule has 1 unspecified atom stereocenters. The van der Waals surface area contributed by atoms with E-state index in [1.54, 1.807) is 0 Å². The third-order valence-corrected chi connectivity index (χ3v) is 3.21. The summed E-state index contributed by atoms with van der Waals surface area (Å²) in [5.41, 5.74) is 2.16. The molecule has 0 aromatic heterocycles. The fraction of sp³-hybridized carbons (Fsp3) is 0.625. The van der Waals surface area contributed by atoms with Gasteiger partial charge in [-0.2, -0.15) is 0 Å². The molecule has 3 heteroatoms. The van der Waals surface area contributed by atoms with Gasteiger partial charge in [0, 0.05) is 25.4 Å². The van der Waals surface area contributed by atoms with Crippen LogP contribution in [0.1, 0.15) is 39.2 Å². The summed E-state index contributed by atoms with van der Waals surface area (Å²) in [5.74, 6) is 0. The van der Waals surface area contributed by atoms with Gasteiger partial charge in [0.1, 0.15) is 0 Å². The van der Waals surface area contributed by atoms with Crippen molar-refractivity contribution < 1.29 is 9.84 Å². The molecule has 1 atom stereocenters. The van der Waals surface area contributed by atoms with E-state index >= 15 is 0 Å². The van der Waals surface area contributed by atoms with Gasteiger partial charge in [0.15, 0.2) is 0 Å². The molecular weight excluding hydrogens is 238 g/mol. The van der Waals surface area contributed by atoms with Gasteiger partial charge in [0.25, 0.3) is 0 Å². The second kappa shape index (κ2) is 8.94. The van der Waals surface area contributed by atoms with Gasteiger partial charge >= 0.3 is 0 Å². The normalized spacial score (nSPS) is 12.4. The number of hydrogen-bond acceptors (Lipinski definition) is 3. The number of aliphatic hydroxyl groups is 1. The van der Waals surface area contributed by atoms with Crippen LogP contribution in [0.15, 0.2) is 24.3 Å². The minimum absolute atomic E-state index is 0.100. The highest BCUT2D eigenvalue weighted by Crippen LogP contribution is 2.18. The number of benzene rings is 1. The van der Waals surface area contributed by atoms with Gasteiger partial charge < -0.3 is 14.7 Å². The van der Waals surface area contributed by atoms with E-state index in [0.717, 1.165) is 38.1 Å². The van der Waals surface area contributed by atoms with Crippen molar-refractivity contribution >= 4 is 5.69 Å². The SMILES string of the molecule is CCCN(CCC(C)OCC)c1cccc(CO)c1. The van der Waals surface area contributed by atoms with Gasteiger partial charge in [-0.3, -0.25) is 0 Å². The molecule has 0 aliphatic rings. The molecule has 3 nitrogen and oxygen atoms in total. The van der Waals surface area contributed by atoms with Crippen molar-refractivity contribution in [3.05, 3.63) is 29.8 Å². The fourth-order valence-electron chi connectivity index (χ4n) is 2.20. The Bertz CT molecular complexity index is 354. The molecule has 0 aliphatic heterocycles. The first-order valence-corrected chi connectivity index (χ1v) is 7.27. The molecule has 1 rings (SSSR count). The van der Waals surface area contributed by atoms with Gasteiger partial charge in [-0.25, -0.2) is 0 Å². The average molecular weight is 265 g/mol. The molecule has 0 bridgehead atoms. The van der Waals surface area contributed by atoms with Crippen LogP contribution < -0.4 is 4.90 Å². The summed E-state index contributed by atoms with van der Waals surface area (Å²) < 4.78 is 5.58. The van der Waals surface area contributed by atoms with E-state index in [2.05, 4.69) is 30.9 Å². The fourth-order valence-corrected chi connectivity index (χ4v) is 2.20. The second-order valence-electron chi connectivity index (χ2n) is 4.87. The van der Waals surface area contributed by atoms with E-state index in [0.29, 0.717) is 6.10 Å². The molecule has 0 saturated heterocycles. The van der Waals surface area contributed by atoms with Gasteiger partial charge in [0.05, 0.1) is 12.7 Å². The molecule has 1 aromatic rings. The van der Waals surface area contributed by atoms with Crippen molar-refractivity contribution in [3.63, 3.8) is 0 Å². The number of hydrogen-bond donors (Lipinski definition) is 1. The molecule has 1 N–H and O–H groups in total. The highest BCUT2D eigenvalue weighted by Gasteiger charge is 2.09. The van der Waals surface area contributed by atoms with E-state index in [4.69, 9.17) is 4.74 Å². The van der Waals surface area contributed by atoms with Crippen molar-refractivity contribution in [1.82, 2.24) is 0 Å². The Labute approximate surface area is 117 Å². The van der Waals surface area contributed by atoms with Crippen LogP contribution in [-0.4, -0.2) is 30.9 Å². The Morgan fingerprint density at radius 3 is 2.68 bits per heavy atom. The highest BCUT2D eigenvalue weighted by atomic mass is 16.5. The maximum absolute atomic E-state index is 9.22. The van der Waals surface area contributed by atoms with E-state index in [1.165, 1.54) is 5.69 Å². The van der Waals surface area contributed by atoms with Gasteiger partial charge in [0.2, 0.25) is 0 Å². The molecule has 0 fully saturated rings. The number of rotatable bonds is 9. The Balaban J connectivity index is 2.64. The molecule has 1 aromatic carbocycles. The molecule has 0 aliphatic carbocycles. The maximum Gasteiger partial charge on any atom is 0.0682 e. The Kier molecular flexibility index (Phi) is 7.53. The molecule has 0 radical (unpaired) electrons. The lowest BCUT2D eigenvalue weighted by Gasteiger charge is -2.26. The summed E-state index contributed by atoms with van der Waals surface area (Å²) in [6.07, 6.45) is 2.44. The topological polar surface area (TPSA) is 32.7 Å². The van der Waals surface area contributed by atoms with E-state index in [1.807, 2.05) is 19.1 Å². The molecule has 0 saturated carbocycles. The van der Waals surface area contributed by atoms with Crippen LogP contribution in [0, 0.1) is 0 Å². The van der Waals surface area contributed by atoms with Crippen molar-refractivity contribution in [1.29, 1.82) is 0 Å². The lowest BCUT2D eigenvalue weighted by atomic mass is 10.1. The first-order chi connectivity index (χ1) is 9.21. The van der Waals surface area contributed by atoms with E-state index < -0.39 is 0 Å². The Morgan fingerprint density at radius 2 is 2.05 bits per heavy atom. The minimum atomic E-state index is 0.100. The average Bonchev–Trinajstić information content (AvgIpc) is 2.44. The van der Waals surface area contributed by atoms with Crippen LogP contribution in [0.2, 0.25) is 0 Å². The molecule has 19 heavy (non-hydrogen) atoms. The summed E-state index contributed by atoms with van der Waals surface area (Å²) in [5, 5.41) is 9.22. The molecule has 0 heterocycles. The molecule has 0 amide bonds. The zero-order chi connectivity index (χ0) is 14.1. The minimum Gasteiger partial charge on any atom is -0.392 e. The lowest BCUT2D eigenvalue weighted by Crippen LogP contribution is -2.28. The Morgan fingerprint density at radius 1 is 1.26 bits per heavy atom. The Hall–Kier alpha value is -1.06. The van der Waals surface area contributed by atoms with Gasteiger partial charge in [-0.05, 0) is 44.4 Å². The van der Waals surface area contributed by atoms with Gasteiger partial charge in [-0.15, -0.1) is 0 Å². The van der Waals surface area contributed by atoms with Crippen molar-refractivity contribution in [2.24, 2.45) is 0 Å². The van der Waals surface area contributed by atoms with Crippen LogP contribution in [-0.2, 0) is 11.3 Å². The highest BCUT2D eigenvalue weighted by molar-refractivity contribution is 5.48. The number of anilines is 1. The summed E-state index contributed by atoms with van der Waals surface area (Å²) in [4.78, 5) is 2.37. The quantitative estimate of drug-likeness (QED) is 0.744. The first kappa shape index (κ1) is 16.0. The van der Waals surface area contributed by atoms with Crippen LogP contribution in [0.3, 0.4) is 0 Å². The van der Waals surface area contributed by atoms with Crippen LogP contribution >= 0.6 is 0 Å². The summed E-state index contributed by atoms with van der Waals surface area (Å²) in [7, 11) is 0. The van der Waals surface area contributed by atoms with E-state index in [9.17, 15) is 5.11 Å². The lowest BCUT2D eigenvalue weighted by molar-refractivity contribution is 0.0717. The molecule has 0 spiro atoms. The smallest absolute Gasteiger partial charge is 0.0682 e. The van der Waals surface area contributed by atoms with Gasteiger partial charge in [-0.1, -0.05) is 19.1 Å². The number of ether oxygens (including phenoxy) is 1. The molecule has 108 valence electrons. The van der Waals surface area contributed by atoms with Crippen molar-refractivity contribution in [2.75, 3.05) is 24.6 Å². The largest absolute Gasteiger partial charge is 0.392 e. The third-order valence-electron chi connectivity index (χ3n) is 3.21.